The maximum absolute atomic E-state index is 13.0. The summed E-state index contributed by atoms with van der Waals surface area (Å²) in [5.41, 5.74) is 0. The molecule has 0 fully saturated rings. The van der Waals surface area contributed by atoms with Gasteiger partial charge in [0.25, 0.3) is 0 Å². The Labute approximate surface area is 386 Å². The molecule has 1 unspecified atom stereocenters. The topological polar surface area (TPSA) is 105 Å². The van der Waals surface area contributed by atoms with Gasteiger partial charge in [0.05, 0.1) is 39.9 Å². The number of nitrogens with one attached hydrogen (secondary N) is 1. The van der Waals surface area contributed by atoms with E-state index < -0.39 is 20.0 Å². The van der Waals surface area contributed by atoms with Crippen molar-refractivity contribution in [1.29, 1.82) is 0 Å². The first-order valence-corrected chi connectivity index (χ1v) is 28.5. The average Bonchev–Trinajstić information content (AvgIpc) is 3.23. The van der Waals surface area contributed by atoms with Crippen molar-refractivity contribution in [2.24, 2.45) is 0 Å². The largest absolute Gasteiger partial charge is 0.472 e. The number of carbonyl (C=O) groups excluding carboxylic acids is 1. The van der Waals surface area contributed by atoms with Gasteiger partial charge in [0.1, 0.15) is 13.2 Å². The van der Waals surface area contributed by atoms with Crippen molar-refractivity contribution < 1.29 is 32.9 Å². The van der Waals surface area contributed by atoms with Crippen molar-refractivity contribution in [2.75, 3.05) is 40.9 Å². The lowest BCUT2D eigenvalue weighted by Crippen LogP contribution is -2.46. The van der Waals surface area contributed by atoms with Gasteiger partial charge in [0, 0.05) is 6.42 Å². The lowest BCUT2D eigenvalue weighted by molar-refractivity contribution is -0.870. The van der Waals surface area contributed by atoms with E-state index in [2.05, 4.69) is 31.3 Å². The molecule has 0 aliphatic heterocycles. The predicted molar refractivity (Wildman–Crippen MR) is 268 cm³/mol. The van der Waals surface area contributed by atoms with Crippen LogP contribution in [0.2, 0.25) is 0 Å². The summed E-state index contributed by atoms with van der Waals surface area (Å²) in [6, 6.07) is -0.757. The maximum atomic E-state index is 13.0. The Morgan fingerprint density at radius 1 is 0.532 bits per heavy atom. The van der Waals surface area contributed by atoms with Crippen molar-refractivity contribution >= 4 is 13.7 Å². The third kappa shape index (κ3) is 47.2. The first kappa shape index (κ1) is 61.2. The number of quaternary nitrogens is 1. The standard InChI is InChI=1S/C53H107N2O6P/c1-6-8-10-12-14-16-18-20-22-24-25-26-27-28-29-31-33-35-37-39-41-43-45-47-53(57)54-51(50-61-62(58,59)60-49-48-55(3,4)5)52(56)46-44-42-40-38-36-34-32-30-23-21-19-17-15-13-11-9-7-2/h20,22,51-52,56H,6-19,21,23-50H2,1-5H3,(H-,54,57,58,59)/p+1/b22-20+/t51-,52+/m0/s1. The fourth-order valence-electron chi connectivity index (χ4n) is 8.22. The molecule has 0 radical (unpaired) electrons. The van der Waals surface area contributed by atoms with Crippen molar-refractivity contribution in [3.63, 3.8) is 0 Å². The smallest absolute Gasteiger partial charge is 0.391 e. The molecule has 0 saturated carbocycles. The number of allylic oxidation sites excluding steroid dienone is 2. The number of nitrogens with zero attached hydrogens (tertiary/aromatic N) is 1. The molecule has 9 heteroatoms. The molecule has 0 bridgehead atoms. The number of rotatable bonds is 50. The summed E-state index contributed by atoms with van der Waals surface area (Å²) in [5, 5.41) is 14.0. The molecular weight excluding hydrogens is 792 g/mol. The van der Waals surface area contributed by atoms with Gasteiger partial charge in [0.15, 0.2) is 0 Å². The van der Waals surface area contributed by atoms with E-state index >= 15 is 0 Å². The number of aliphatic hydroxyl groups excluding tert-OH is 1. The van der Waals surface area contributed by atoms with Crippen LogP contribution < -0.4 is 5.32 Å². The Morgan fingerprint density at radius 2 is 0.871 bits per heavy atom. The highest BCUT2D eigenvalue weighted by Crippen LogP contribution is 2.43. The van der Waals surface area contributed by atoms with Crippen molar-refractivity contribution in [2.45, 2.75) is 283 Å². The third-order valence-electron chi connectivity index (χ3n) is 12.5. The second-order valence-corrected chi connectivity index (χ2v) is 21.4. The molecule has 0 spiro atoms. The second kappa shape index (κ2) is 45.4. The lowest BCUT2D eigenvalue weighted by atomic mass is 10.0. The van der Waals surface area contributed by atoms with Crippen LogP contribution >= 0.6 is 7.82 Å². The van der Waals surface area contributed by atoms with Crippen molar-refractivity contribution in [3.8, 4) is 0 Å². The molecule has 0 saturated heterocycles. The van der Waals surface area contributed by atoms with Crippen LogP contribution in [0.25, 0.3) is 0 Å². The zero-order chi connectivity index (χ0) is 45.7. The normalized spacial score (nSPS) is 14.1. The van der Waals surface area contributed by atoms with E-state index in [0.717, 1.165) is 38.5 Å². The maximum Gasteiger partial charge on any atom is 0.472 e. The average molecular weight is 900 g/mol. The highest BCUT2D eigenvalue weighted by Gasteiger charge is 2.28. The Hall–Kier alpha value is -0.760. The van der Waals surface area contributed by atoms with Gasteiger partial charge in [-0.05, 0) is 38.5 Å². The number of carbonyl (C=O) groups is 1. The van der Waals surface area contributed by atoms with E-state index in [9.17, 15) is 19.4 Å². The molecule has 0 aromatic heterocycles. The van der Waals surface area contributed by atoms with E-state index in [0.29, 0.717) is 23.9 Å². The molecule has 0 rings (SSSR count). The van der Waals surface area contributed by atoms with Gasteiger partial charge < -0.3 is 19.8 Å². The van der Waals surface area contributed by atoms with Gasteiger partial charge in [-0.25, -0.2) is 4.57 Å². The van der Waals surface area contributed by atoms with E-state index in [-0.39, 0.29) is 19.1 Å². The van der Waals surface area contributed by atoms with E-state index in [1.165, 1.54) is 205 Å². The predicted octanol–water partition coefficient (Wildman–Crippen LogP) is 15.9. The molecule has 0 aliphatic carbocycles. The molecule has 0 aliphatic rings. The van der Waals surface area contributed by atoms with Crippen molar-refractivity contribution in [1.82, 2.24) is 5.32 Å². The molecule has 3 N–H and O–H groups in total. The molecule has 62 heavy (non-hydrogen) atoms. The molecule has 0 aromatic carbocycles. The third-order valence-corrected chi connectivity index (χ3v) is 13.5. The zero-order valence-electron chi connectivity index (χ0n) is 42.1. The number of amides is 1. The van der Waals surface area contributed by atoms with Crippen LogP contribution in [0.15, 0.2) is 12.2 Å². The van der Waals surface area contributed by atoms with Crippen molar-refractivity contribution in [3.05, 3.63) is 12.2 Å². The van der Waals surface area contributed by atoms with Crippen LogP contribution in [0.3, 0.4) is 0 Å². The summed E-state index contributed by atoms with van der Waals surface area (Å²) in [4.78, 5) is 23.3. The van der Waals surface area contributed by atoms with E-state index in [1.807, 2.05) is 21.1 Å². The summed E-state index contributed by atoms with van der Waals surface area (Å²) >= 11 is 0. The Kier molecular flexibility index (Phi) is 44.8. The zero-order valence-corrected chi connectivity index (χ0v) is 43.0. The molecule has 0 aromatic rings. The van der Waals surface area contributed by atoms with E-state index in [1.54, 1.807) is 0 Å². The van der Waals surface area contributed by atoms with Gasteiger partial charge in [0.2, 0.25) is 5.91 Å². The number of aliphatic hydroxyl groups is 1. The highest BCUT2D eigenvalue weighted by molar-refractivity contribution is 7.47. The second-order valence-electron chi connectivity index (χ2n) is 20.0. The van der Waals surface area contributed by atoms with Gasteiger partial charge in [-0.3, -0.25) is 13.8 Å². The van der Waals surface area contributed by atoms with Crippen LogP contribution in [-0.2, 0) is 18.4 Å². The number of unbranched alkanes of at least 4 members (excludes halogenated alkanes) is 35. The quantitative estimate of drug-likeness (QED) is 0.0243. The number of hydrogen-bond acceptors (Lipinski definition) is 5. The molecule has 8 nitrogen and oxygen atoms in total. The number of hydrogen-bond donors (Lipinski definition) is 3. The van der Waals surface area contributed by atoms with Gasteiger partial charge in [-0.15, -0.1) is 0 Å². The number of likely N-dealkylation sites (N-methyl/N-ethyl adjacent to an activating group) is 1. The van der Waals surface area contributed by atoms with Crippen LogP contribution in [0.5, 0.6) is 0 Å². The fraction of sp³-hybridized carbons (Fsp3) is 0.943. The number of phosphoric acid groups is 1. The molecule has 1 amide bonds. The summed E-state index contributed by atoms with van der Waals surface area (Å²) in [6.45, 7) is 4.92. The first-order valence-electron chi connectivity index (χ1n) is 27.1. The Balaban J connectivity index is 4.18. The SMILES string of the molecule is CCCCCCCC/C=C/CCCCCCCCCCCCCCCC(=O)N[C@@H](COP(=O)(O)OCC[N+](C)(C)C)[C@H](O)CCCCCCCCCCCCCCCCCCC. The molecule has 0 heterocycles. The van der Waals surface area contributed by atoms with Gasteiger partial charge in [-0.2, -0.15) is 0 Å². The summed E-state index contributed by atoms with van der Waals surface area (Å²) in [5.74, 6) is -0.140. The summed E-state index contributed by atoms with van der Waals surface area (Å²) in [7, 11) is 1.63. The van der Waals surface area contributed by atoms with Crippen LogP contribution in [-0.4, -0.2) is 73.4 Å². The summed E-state index contributed by atoms with van der Waals surface area (Å²) in [6.07, 6.45) is 53.9. The highest BCUT2D eigenvalue weighted by atomic mass is 31.2. The number of phosphoric ester groups is 1. The molecule has 370 valence electrons. The summed E-state index contributed by atoms with van der Waals surface area (Å²) < 4.78 is 23.7. The van der Waals surface area contributed by atoms with Crippen LogP contribution in [0.4, 0.5) is 0 Å². The minimum absolute atomic E-state index is 0.0773. The Bertz CT molecular complexity index is 1020. The van der Waals surface area contributed by atoms with Gasteiger partial charge in [-0.1, -0.05) is 238 Å². The molecular formula is C53H108N2O6P+. The first-order chi connectivity index (χ1) is 30.0. The van der Waals surface area contributed by atoms with E-state index in [4.69, 9.17) is 9.05 Å². The van der Waals surface area contributed by atoms with Crippen LogP contribution in [0, 0.1) is 0 Å². The van der Waals surface area contributed by atoms with Crippen LogP contribution in [0.1, 0.15) is 271 Å². The fourth-order valence-corrected chi connectivity index (χ4v) is 8.96. The van der Waals surface area contributed by atoms with Gasteiger partial charge >= 0.3 is 7.82 Å². The lowest BCUT2D eigenvalue weighted by Gasteiger charge is -2.26. The minimum Gasteiger partial charge on any atom is -0.391 e. The Morgan fingerprint density at radius 3 is 1.24 bits per heavy atom. The minimum atomic E-state index is -4.32. The monoisotopic (exact) mass is 900 g/mol. The molecule has 3 atom stereocenters.